The molecule has 5 heteroatoms. The van der Waals surface area contributed by atoms with Gasteiger partial charge in [0.1, 0.15) is 6.07 Å². The van der Waals surface area contributed by atoms with E-state index in [0.717, 1.165) is 21.2 Å². The van der Waals surface area contributed by atoms with Crippen LogP contribution in [0.2, 0.25) is 0 Å². The first-order chi connectivity index (χ1) is 14.3. The third-order valence-electron chi connectivity index (χ3n) is 5.36. The second-order valence-electron chi connectivity index (χ2n) is 6.92. The van der Waals surface area contributed by atoms with Crippen LogP contribution in [0.15, 0.2) is 77.4 Å². The Morgan fingerprint density at radius 1 is 0.897 bits per heavy atom. The van der Waals surface area contributed by atoms with E-state index in [9.17, 15) is 5.26 Å². The topological polar surface area (TPSA) is 41.6 Å². The minimum absolute atomic E-state index is 0.411. The number of hydrogen-bond acceptors (Lipinski definition) is 3. The van der Waals surface area contributed by atoms with Crippen molar-refractivity contribution < 1.29 is 0 Å². The van der Waals surface area contributed by atoms with E-state index in [1.165, 1.54) is 30.9 Å². The van der Waals surface area contributed by atoms with Crippen LogP contribution in [0.25, 0.3) is 47.7 Å². The molecule has 136 valence electrons. The number of para-hydroxylation sites is 1. The highest BCUT2D eigenvalue weighted by atomic mass is 79.9. The molecule has 0 saturated heterocycles. The molecule has 3 aromatic carbocycles. The number of halogens is 1. The standard InChI is InChI=1S/C24H12BrN3S/c25-14-11-21(19(12-26)27-13-14)28-20-7-3-1-5-15(20)17-9-10-18-16-6-2-4-8-22(16)29-24(18)23(17)28/h1-11,13H. The Labute approximate surface area is 178 Å². The molecule has 0 amide bonds. The molecule has 3 heterocycles. The van der Waals surface area contributed by atoms with Crippen molar-refractivity contribution in [3.05, 3.63) is 83.1 Å². The summed E-state index contributed by atoms with van der Waals surface area (Å²) in [5.74, 6) is 0. The molecule has 0 spiro atoms. The number of aromatic nitrogens is 2. The summed E-state index contributed by atoms with van der Waals surface area (Å²) in [4.78, 5) is 4.36. The summed E-state index contributed by atoms with van der Waals surface area (Å²) >= 11 is 5.33. The van der Waals surface area contributed by atoms with E-state index in [-0.39, 0.29) is 0 Å². The molecular weight excluding hydrogens is 442 g/mol. The minimum Gasteiger partial charge on any atom is -0.305 e. The van der Waals surface area contributed by atoms with Crippen LogP contribution < -0.4 is 0 Å². The zero-order chi connectivity index (χ0) is 19.5. The second kappa shape index (κ2) is 6.15. The first-order valence-electron chi connectivity index (χ1n) is 9.15. The zero-order valence-corrected chi connectivity index (χ0v) is 17.5. The Hall–Kier alpha value is -3.20. The van der Waals surface area contributed by atoms with Gasteiger partial charge in [-0.2, -0.15) is 5.26 Å². The molecule has 0 radical (unpaired) electrons. The monoisotopic (exact) mass is 453 g/mol. The molecule has 0 unspecified atom stereocenters. The Kier molecular flexibility index (Phi) is 3.55. The molecule has 0 aliphatic rings. The average molecular weight is 454 g/mol. The summed E-state index contributed by atoms with van der Waals surface area (Å²) in [6.07, 6.45) is 1.67. The highest BCUT2D eigenvalue weighted by Gasteiger charge is 2.19. The highest BCUT2D eigenvalue weighted by molar-refractivity contribution is 9.10. The number of nitriles is 1. The van der Waals surface area contributed by atoms with Gasteiger partial charge in [-0.1, -0.05) is 48.5 Å². The lowest BCUT2D eigenvalue weighted by Crippen LogP contribution is -1.99. The lowest BCUT2D eigenvalue weighted by Gasteiger charge is -2.10. The van der Waals surface area contributed by atoms with E-state index in [1.54, 1.807) is 17.5 Å². The van der Waals surface area contributed by atoms with Gasteiger partial charge in [-0.05, 0) is 34.1 Å². The number of pyridine rings is 1. The predicted octanol–water partition coefficient (Wildman–Crippen LogP) is 7.18. The smallest absolute Gasteiger partial charge is 0.164 e. The molecule has 3 nitrogen and oxygen atoms in total. The quantitative estimate of drug-likeness (QED) is 0.264. The normalized spacial score (nSPS) is 11.6. The maximum Gasteiger partial charge on any atom is 0.164 e. The van der Waals surface area contributed by atoms with E-state index < -0.39 is 0 Å². The lowest BCUT2D eigenvalue weighted by molar-refractivity contribution is 1.11. The van der Waals surface area contributed by atoms with Gasteiger partial charge in [-0.25, -0.2) is 4.98 Å². The van der Waals surface area contributed by atoms with E-state index >= 15 is 0 Å². The van der Waals surface area contributed by atoms with Crippen LogP contribution in [-0.4, -0.2) is 9.55 Å². The van der Waals surface area contributed by atoms with Crippen molar-refractivity contribution in [2.75, 3.05) is 0 Å². The van der Waals surface area contributed by atoms with Crippen molar-refractivity contribution in [3.8, 4) is 11.8 Å². The number of rotatable bonds is 1. The first-order valence-corrected chi connectivity index (χ1v) is 10.8. The fourth-order valence-corrected chi connectivity index (χ4v) is 5.73. The molecule has 6 aromatic rings. The van der Waals surface area contributed by atoms with E-state index in [2.05, 4.69) is 86.1 Å². The SMILES string of the molecule is N#Cc1ncc(Br)cc1-n1c2ccccc2c2ccc3c4ccccc4sc3c21. The van der Waals surface area contributed by atoms with Crippen LogP contribution in [0.1, 0.15) is 5.69 Å². The average Bonchev–Trinajstić information content (AvgIpc) is 3.29. The summed E-state index contributed by atoms with van der Waals surface area (Å²) in [5, 5.41) is 14.6. The molecule has 0 aliphatic heterocycles. The molecule has 0 fully saturated rings. The maximum absolute atomic E-state index is 9.74. The van der Waals surface area contributed by atoms with Crippen LogP contribution in [0, 0.1) is 11.3 Å². The van der Waals surface area contributed by atoms with Crippen molar-refractivity contribution in [2.45, 2.75) is 0 Å². The first kappa shape index (κ1) is 16.7. The third kappa shape index (κ3) is 2.30. The Balaban J connectivity index is 1.91. The van der Waals surface area contributed by atoms with Gasteiger partial charge >= 0.3 is 0 Å². The Morgan fingerprint density at radius 3 is 2.52 bits per heavy atom. The number of benzene rings is 3. The van der Waals surface area contributed by atoms with Gasteiger partial charge in [-0.15, -0.1) is 11.3 Å². The minimum atomic E-state index is 0.411. The molecule has 0 bridgehead atoms. The highest BCUT2D eigenvalue weighted by Crippen LogP contribution is 2.43. The van der Waals surface area contributed by atoms with Crippen molar-refractivity contribution in [3.63, 3.8) is 0 Å². The van der Waals surface area contributed by atoms with Crippen LogP contribution >= 0.6 is 27.3 Å². The number of nitrogens with zero attached hydrogens (tertiary/aromatic N) is 3. The third-order valence-corrected chi connectivity index (χ3v) is 6.99. The number of thiophene rings is 1. The van der Waals surface area contributed by atoms with Crippen LogP contribution in [0.5, 0.6) is 0 Å². The van der Waals surface area contributed by atoms with Crippen LogP contribution in [0.4, 0.5) is 0 Å². The maximum atomic E-state index is 9.74. The Morgan fingerprint density at radius 2 is 1.66 bits per heavy atom. The van der Waals surface area contributed by atoms with Gasteiger partial charge in [0.05, 0.1) is 21.4 Å². The van der Waals surface area contributed by atoms with E-state index in [0.29, 0.717) is 5.69 Å². The summed E-state index contributed by atoms with van der Waals surface area (Å²) in [5.41, 5.74) is 3.40. The molecule has 0 atom stereocenters. The summed E-state index contributed by atoms with van der Waals surface area (Å²) in [6.45, 7) is 0. The zero-order valence-electron chi connectivity index (χ0n) is 15.1. The fraction of sp³-hybridized carbons (Fsp3) is 0. The molecular formula is C24H12BrN3S. The van der Waals surface area contributed by atoms with Gasteiger partial charge < -0.3 is 4.57 Å². The van der Waals surface area contributed by atoms with Crippen molar-refractivity contribution in [1.82, 2.24) is 9.55 Å². The van der Waals surface area contributed by atoms with Gasteiger partial charge in [0.15, 0.2) is 5.69 Å². The van der Waals surface area contributed by atoms with Gasteiger partial charge in [0.25, 0.3) is 0 Å². The predicted molar refractivity (Wildman–Crippen MR) is 124 cm³/mol. The lowest BCUT2D eigenvalue weighted by atomic mass is 10.1. The summed E-state index contributed by atoms with van der Waals surface area (Å²) < 4.78 is 5.53. The Bertz CT molecular complexity index is 1640. The molecule has 3 aromatic heterocycles. The number of fused-ring (bicyclic) bond motifs is 7. The van der Waals surface area contributed by atoms with Crippen molar-refractivity contribution in [1.29, 1.82) is 5.26 Å². The molecule has 0 aliphatic carbocycles. The van der Waals surface area contributed by atoms with E-state index in [4.69, 9.17) is 0 Å². The van der Waals surface area contributed by atoms with E-state index in [1.807, 2.05) is 12.1 Å². The largest absolute Gasteiger partial charge is 0.305 e. The van der Waals surface area contributed by atoms with Gasteiger partial charge in [0.2, 0.25) is 0 Å². The van der Waals surface area contributed by atoms with Crippen molar-refractivity contribution in [2.24, 2.45) is 0 Å². The molecule has 6 rings (SSSR count). The van der Waals surface area contributed by atoms with Crippen LogP contribution in [0.3, 0.4) is 0 Å². The summed E-state index contributed by atoms with van der Waals surface area (Å²) in [7, 11) is 0. The van der Waals surface area contributed by atoms with Gasteiger partial charge in [0, 0.05) is 36.9 Å². The molecule has 0 N–H and O–H groups in total. The number of hydrogen-bond donors (Lipinski definition) is 0. The second-order valence-corrected chi connectivity index (χ2v) is 8.89. The van der Waals surface area contributed by atoms with Crippen LogP contribution in [-0.2, 0) is 0 Å². The molecule has 29 heavy (non-hydrogen) atoms. The van der Waals surface area contributed by atoms with Crippen molar-refractivity contribution >= 4 is 69.2 Å². The van der Waals surface area contributed by atoms with Gasteiger partial charge in [-0.3, -0.25) is 0 Å². The fourth-order valence-electron chi connectivity index (χ4n) is 4.17. The summed E-state index contributed by atoms with van der Waals surface area (Å²) in [6, 6.07) is 25.5. The molecule has 0 saturated carbocycles.